The van der Waals surface area contributed by atoms with Crippen LogP contribution in [0.1, 0.15) is 12.5 Å². The molecule has 102 valence electrons. The molecule has 1 heterocycles. The summed E-state index contributed by atoms with van der Waals surface area (Å²) < 4.78 is 5.39. The number of nitrogens with zero attached hydrogens (tertiary/aromatic N) is 2. The fourth-order valence-electron chi connectivity index (χ4n) is 2.10. The van der Waals surface area contributed by atoms with Crippen LogP contribution in [0.15, 0.2) is 30.5 Å². The molecule has 0 radical (unpaired) electrons. The van der Waals surface area contributed by atoms with E-state index in [1.165, 1.54) is 5.39 Å². The van der Waals surface area contributed by atoms with E-state index in [0.29, 0.717) is 12.5 Å². The van der Waals surface area contributed by atoms with Gasteiger partial charge < -0.3 is 9.64 Å². The van der Waals surface area contributed by atoms with Gasteiger partial charge in [-0.05, 0) is 17.9 Å². The van der Waals surface area contributed by atoms with Crippen LogP contribution in [-0.2, 0) is 10.6 Å². The van der Waals surface area contributed by atoms with Crippen molar-refractivity contribution in [1.82, 2.24) is 4.98 Å². The van der Waals surface area contributed by atoms with Gasteiger partial charge in [-0.3, -0.25) is 0 Å². The summed E-state index contributed by atoms with van der Waals surface area (Å²) in [4.78, 5) is 6.66. The second kappa shape index (κ2) is 6.73. The average molecular weight is 279 g/mol. The number of pyridine rings is 1. The molecule has 19 heavy (non-hydrogen) atoms. The molecule has 0 saturated carbocycles. The van der Waals surface area contributed by atoms with Gasteiger partial charge in [0.15, 0.2) is 0 Å². The zero-order valence-corrected chi connectivity index (χ0v) is 12.2. The summed E-state index contributed by atoms with van der Waals surface area (Å²) in [6.07, 6.45) is 1.86. The maximum absolute atomic E-state index is 5.97. The molecule has 0 N–H and O–H groups in total. The lowest BCUT2D eigenvalue weighted by molar-refractivity contribution is 0.154. The Morgan fingerprint density at radius 3 is 2.68 bits per heavy atom. The molecular weight excluding hydrogens is 260 g/mol. The SMILES string of the molecule is CCOCCN(C)c1ncc(CCl)c2ccccc12. The highest BCUT2D eigenvalue weighted by Crippen LogP contribution is 2.27. The van der Waals surface area contributed by atoms with Crippen LogP contribution in [-0.4, -0.2) is 31.8 Å². The molecule has 0 atom stereocenters. The van der Waals surface area contributed by atoms with Gasteiger partial charge in [0.1, 0.15) is 5.82 Å². The molecule has 0 fully saturated rings. The second-order valence-electron chi connectivity index (χ2n) is 4.40. The number of anilines is 1. The zero-order chi connectivity index (χ0) is 13.7. The average Bonchev–Trinajstić information content (AvgIpc) is 2.46. The van der Waals surface area contributed by atoms with Gasteiger partial charge in [0.2, 0.25) is 0 Å². The number of hydrogen-bond acceptors (Lipinski definition) is 3. The van der Waals surface area contributed by atoms with E-state index in [4.69, 9.17) is 16.3 Å². The fourth-order valence-corrected chi connectivity index (χ4v) is 2.31. The van der Waals surface area contributed by atoms with Crippen LogP contribution in [0, 0.1) is 0 Å². The molecule has 0 aliphatic carbocycles. The number of hydrogen-bond donors (Lipinski definition) is 0. The van der Waals surface area contributed by atoms with Crippen molar-refractivity contribution < 1.29 is 4.74 Å². The molecule has 2 aromatic rings. The Morgan fingerprint density at radius 1 is 1.26 bits per heavy atom. The van der Waals surface area contributed by atoms with E-state index in [1.54, 1.807) is 0 Å². The molecule has 0 amide bonds. The van der Waals surface area contributed by atoms with E-state index in [-0.39, 0.29) is 0 Å². The van der Waals surface area contributed by atoms with Crippen LogP contribution >= 0.6 is 11.6 Å². The van der Waals surface area contributed by atoms with E-state index in [2.05, 4.69) is 22.0 Å². The standard InChI is InChI=1S/C15H19ClN2O/c1-3-19-9-8-18(2)15-14-7-5-4-6-13(14)12(10-16)11-17-15/h4-7,11H,3,8-10H2,1-2H3. The molecule has 0 spiro atoms. The summed E-state index contributed by atoms with van der Waals surface area (Å²) in [5.41, 5.74) is 1.07. The quantitative estimate of drug-likeness (QED) is 0.598. The highest BCUT2D eigenvalue weighted by Gasteiger charge is 2.10. The van der Waals surface area contributed by atoms with Crippen LogP contribution in [0.4, 0.5) is 5.82 Å². The van der Waals surface area contributed by atoms with E-state index < -0.39 is 0 Å². The first kappa shape index (κ1) is 14.1. The number of fused-ring (bicyclic) bond motifs is 1. The monoisotopic (exact) mass is 278 g/mol. The summed E-state index contributed by atoms with van der Waals surface area (Å²) in [7, 11) is 2.04. The van der Waals surface area contributed by atoms with Crippen molar-refractivity contribution >= 4 is 28.2 Å². The third-order valence-corrected chi connectivity index (χ3v) is 3.43. The van der Waals surface area contributed by atoms with Crippen LogP contribution < -0.4 is 4.90 Å². The van der Waals surface area contributed by atoms with Gasteiger partial charge in [-0.25, -0.2) is 4.98 Å². The fraction of sp³-hybridized carbons (Fsp3) is 0.400. The van der Waals surface area contributed by atoms with Gasteiger partial charge >= 0.3 is 0 Å². The zero-order valence-electron chi connectivity index (χ0n) is 11.4. The van der Waals surface area contributed by atoms with Crippen molar-refractivity contribution in [3.05, 3.63) is 36.0 Å². The van der Waals surface area contributed by atoms with Crippen LogP contribution in [0.3, 0.4) is 0 Å². The van der Waals surface area contributed by atoms with Crippen molar-refractivity contribution in [2.75, 3.05) is 31.7 Å². The van der Waals surface area contributed by atoms with Gasteiger partial charge in [0, 0.05) is 37.7 Å². The lowest BCUT2D eigenvalue weighted by atomic mass is 10.1. The summed E-state index contributed by atoms with van der Waals surface area (Å²) in [5, 5.41) is 2.31. The molecule has 2 rings (SSSR count). The van der Waals surface area contributed by atoms with Crippen molar-refractivity contribution in [2.24, 2.45) is 0 Å². The predicted octanol–water partition coefficient (Wildman–Crippen LogP) is 3.45. The normalized spacial score (nSPS) is 10.9. The topological polar surface area (TPSA) is 25.4 Å². The minimum Gasteiger partial charge on any atom is -0.380 e. The Balaban J connectivity index is 2.33. The largest absolute Gasteiger partial charge is 0.380 e. The third-order valence-electron chi connectivity index (χ3n) is 3.14. The number of alkyl halides is 1. The van der Waals surface area contributed by atoms with Crippen molar-refractivity contribution in [3.8, 4) is 0 Å². The van der Waals surface area contributed by atoms with Crippen LogP contribution in [0.2, 0.25) is 0 Å². The summed E-state index contributed by atoms with van der Waals surface area (Å²) in [6, 6.07) is 8.24. The molecular formula is C15H19ClN2O. The van der Waals surface area contributed by atoms with Crippen molar-refractivity contribution in [3.63, 3.8) is 0 Å². The Bertz CT molecular complexity index is 545. The van der Waals surface area contributed by atoms with E-state index in [1.807, 2.05) is 32.3 Å². The second-order valence-corrected chi connectivity index (χ2v) is 4.67. The Hall–Kier alpha value is -1.32. The molecule has 1 aromatic heterocycles. The first-order valence-electron chi connectivity index (χ1n) is 6.49. The number of aromatic nitrogens is 1. The Labute approximate surface area is 119 Å². The molecule has 0 bridgehead atoms. The summed E-state index contributed by atoms with van der Waals surface area (Å²) in [6.45, 7) is 4.28. The minimum atomic E-state index is 0.483. The van der Waals surface area contributed by atoms with Gasteiger partial charge in [0.25, 0.3) is 0 Å². The highest BCUT2D eigenvalue weighted by molar-refractivity contribution is 6.18. The molecule has 3 nitrogen and oxygen atoms in total. The highest BCUT2D eigenvalue weighted by atomic mass is 35.5. The van der Waals surface area contributed by atoms with Crippen LogP contribution in [0.25, 0.3) is 10.8 Å². The smallest absolute Gasteiger partial charge is 0.136 e. The maximum atomic E-state index is 5.97. The summed E-state index contributed by atoms with van der Waals surface area (Å²) in [5.74, 6) is 1.46. The minimum absolute atomic E-state index is 0.483. The first-order chi connectivity index (χ1) is 9.27. The van der Waals surface area contributed by atoms with E-state index in [9.17, 15) is 0 Å². The Kier molecular flexibility index (Phi) is 5.00. The number of rotatable bonds is 6. The molecule has 0 unspecified atom stereocenters. The number of likely N-dealkylation sites (N-methyl/N-ethyl adjacent to an activating group) is 1. The molecule has 0 saturated heterocycles. The van der Waals surface area contributed by atoms with Crippen LogP contribution in [0.5, 0.6) is 0 Å². The van der Waals surface area contributed by atoms with Gasteiger partial charge in [-0.1, -0.05) is 24.3 Å². The van der Waals surface area contributed by atoms with Gasteiger partial charge in [-0.2, -0.15) is 0 Å². The maximum Gasteiger partial charge on any atom is 0.136 e. The number of ether oxygens (including phenoxy) is 1. The third kappa shape index (κ3) is 3.17. The van der Waals surface area contributed by atoms with Gasteiger partial charge in [-0.15, -0.1) is 11.6 Å². The molecule has 4 heteroatoms. The summed E-state index contributed by atoms with van der Waals surface area (Å²) >= 11 is 5.97. The number of halogens is 1. The Morgan fingerprint density at radius 2 is 2.00 bits per heavy atom. The van der Waals surface area contributed by atoms with Crippen molar-refractivity contribution in [2.45, 2.75) is 12.8 Å². The van der Waals surface area contributed by atoms with E-state index >= 15 is 0 Å². The van der Waals surface area contributed by atoms with Gasteiger partial charge in [0.05, 0.1) is 6.61 Å². The first-order valence-corrected chi connectivity index (χ1v) is 7.02. The van der Waals surface area contributed by atoms with E-state index in [0.717, 1.165) is 29.9 Å². The molecule has 1 aromatic carbocycles. The predicted molar refractivity (Wildman–Crippen MR) is 81.1 cm³/mol. The molecule has 0 aliphatic heterocycles. The van der Waals surface area contributed by atoms with Crippen molar-refractivity contribution in [1.29, 1.82) is 0 Å². The number of benzene rings is 1. The molecule has 0 aliphatic rings. The lowest BCUT2D eigenvalue weighted by Gasteiger charge is -2.20. The lowest BCUT2D eigenvalue weighted by Crippen LogP contribution is -2.23.